The maximum absolute atomic E-state index is 12.4. The number of carbonyl (C=O) groups excluding carboxylic acids is 2. The molecule has 0 radical (unpaired) electrons. The zero-order chi connectivity index (χ0) is 18.5. The van der Waals surface area contributed by atoms with Crippen LogP contribution in [0.2, 0.25) is 0 Å². The fourth-order valence-electron chi connectivity index (χ4n) is 2.92. The molecule has 0 aromatic heterocycles. The number of hydrogen-bond acceptors (Lipinski definition) is 4. The van der Waals surface area contributed by atoms with Crippen LogP contribution in [0.1, 0.15) is 48.5 Å². The first kappa shape index (κ1) is 18.0. The lowest BCUT2D eigenvalue weighted by Gasteiger charge is -2.18. The average Bonchev–Trinajstić information content (AvgIpc) is 2.66. The van der Waals surface area contributed by atoms with E-state index >= 15 is 0 Å². The van der Waals surface area contributed by atoms with Crippen LogP contribution < -0.4 is 14.8 Å². The molecule has 0 fully saturated rings. The van der Waals surface area contributed by atoms with E-state index in [1.807, 2.05) is 24.3 Å². The largest absolute Gasteiger partial charge is 0.486 e. The third kappa shape index (κ3) is 4.23. The Morgan fingerprint density at radius 2 is 1.73 bits per heavy atom. The second-order valence-corrected chi connectivity index (χ2v) is 6.57. The maximum Gasteiger partial charge on any atom is 0.224 e. The molecule has 0 saturated heterocycles. The van der Waals surface area contributed by atoms with Crippen LogP contribution in [0, 0.1) is 0 Å². The lowest BCUT2D eigenvalue weighted by Crippen LogP contribution is -2.16. The Kier molecular flexibility index (Phi) is 5.56. The van der Waals surface area contributed by atoms with Gasteiger partial charge in [-0.15, -0.1) is 0 Å². The highest BCUT2D eigenvalue weighted by atomic mass is 16.6. The van der Waals surface area contributed by atoms with Gasteiger partial charge >= 0.3 is 0 Å². The highest BCUT2D eigenvalue weighted by Gasteiger charge is 2.16. The van der Waals surface area contributed by atoms with Crippen molar-refractivity contribution in [2.45, 2.75) is 32.6 Å². The molecule has 1 aliphatic heterocycles. The summed E-state index contributed by atoms with van der Waals surface area (Å²) in [6.07, 6.45) is 0.287. The van der Waals surface area contributed by atoms with Gasteiger partial charge < -0.3 is 14.8 Å². The van der Waals surface area contributed by atoms with Crippen molar-refractivity contribution in [2.24, 2.45) is 0 Å². The first-order chi connectivity index (χ1) is 12.5. The summed E-state index contributed by atoms with van der Waals surface area (Å²) in [6, 6.07) is 12.9. The first-order valence-electron chi connectivity index (χ1n) is 8.86. The molecule has 0 spiro atoms. The molecule has 2 aromatic rings. The van der Waals surface area contributed by atoms with E-state index in [1.165, 1.54) is 0 Å². The topological polar surface area (TPSA) is 64.6 Å². The standard InChI is InChI=1S/C21H23NO4/c1-14(2)16-5-3-4-6-17(16)22-21(24)10-8-18(23)15-7-9-19-20(13-15)26-12-11-25-19/h3-7,9,13-14H,8,10-12H2,1-2H3,(H,22,24). The zero-order valence-electron chi connectivity index (χ0n) is 15.1. The number of Topliss-reactive ketones (excluding diaryl/α,β-unsaturated/α-hetero) is 1. The summed E-state index contributed by atoms with van der Waals surface area (Å²) >= 11 is 0. The Hall–Kier alpha value is -2.82. The van der Waals surface area contributed by atoms with Gasteiger partial charge in [-0.3, -0.25) is 9.59 Å². The maximum atomic E-state index is 12.4. The monoisotopic (exact) mass is 353 g/mol. The van der Waals surface area contributed by atoms with Gasteiger partial charge in [-0.2, -0.15) is 0 Å². The van der Waals surface area contributed by atoms with Crippen molar-refractivity contribution in [3.8, 4) is 11.5 Å². The van der Waals surface area contributed by atoms with Crippen LogP contribution in [0.4, 0.5) is 5.69 Å². The fraction of sp³-hybridized carbons (Fsp3) is 0.333. The van der Waals surface area contributed by atoms with Gasteiger partial charge in [-0.05, 0) is 35.7 Å². The molecular formula is C21H23NO4. The summed E-state index contributed by atoms with van der Waals surface area (Å²) in [6.45, 7) is 5.15. The Labute approximate surface area is 153 Å². The smallest absolute Gasteiger partial charge is 0.224 e. The number of para-hydroxylation sites is 1. The molecule has 1 amide bonds. The van der Waals surface area contributed by atoms with Crippen LogP contribution in [0.15, 0.2) is 42.5 Å². The second kappa shape index (κ2) is 8.04. The van der Waals surface area contributed by atoms with Crippen molar-refractivity contribution in [3.05, 3.63) is 53.6 Å². The Balaban J connectivity index is 1.59. The van der Waals surface area contributed by atoms with E-state index in [0.29, 0.717) is 36.2 Å². The van der Waals surface area contributed by atoms with E-state index in [9.17, 15) is 9.59 Å². The number of hydrogen-bond donors (Lipinski definition) is 1. The van der Waals surface area contributed by atoms with Crippen molar-refractivity contribution < 1.29 is 19.1 Å². The molecule has 0 aliphatic carbocycles. The van der Waals surface area contributed by atoms with Crippen LogP contribution >= 0.6 is 0 Å². The molecule has 2 aromatic carbocycles. The van der Waals surface area contributed by atoms with Crippen molar-refractivity contribution in [1.82, 2.24) is 0 Å². The van der Waals surface area contributed by atoms with Crippen molar-refractivity contribution in [2.75, 3.05) is 18.5 Å². The number of ether oxygens (including phenoxy) is 2. The highest BCUT2D eigenvalue weighted by molar-refractivity contribution is 6.00. The summed E-state index contributed by atoms with van der Waals surface area (Å²) in [5.74, 6) is 1.29. The molecule has 1 N–H and O–H groups in total. The molecule has 3 rings (SSSR count). The van der Waals surface area contributed by atoms with Crippen LogP contribution in [-0.4, -0.2) is 24.9 Å². The molecule has 1 heterocycles. The third-order valence-electron chi connectivity index (χ3n) is 4.30. The number of anilines is 1. The minimum absolute atomic E-state index is 0.0886. The molecule has 26 heavy (non-hydrogen) atoms. The predicted octanol–water partition coefficient (Wildman–Crippen LogP) is 4.18. The van der Waals surface area contributed by atoms with Gasteiger partial charge in [-0.1, -0.05) is 32.0 Å². The number of ketones is 1. The molecule has 0 bridgehead atoms. The van der Waals surface area contributed by atoms with Crippen LogP contribution in [-0.2, 0) is 4.79 Å². The Morgan fingerprint density at radius 3 is 2.50 bits per heavy atom. The molecular weight excluding hydrogens is 330 g/mol. The van der Waals surface area contributed by atoms with Crippen molar-refractivity contribution in [3.63, 3.8) is 0 Å². The number of amides is 1. The van der Waals surface area contributed by atoms with E-state index in [4.69, 9.17) is 9.47 Å². The molecule has 5 nitrogen and oxygen atoms in total. The van der Waals surface area contributed by atoms with E-state index in [0.717, 1.165) is 11.3 Å². The van der Waals surface area contributed by atoms with Crippen molar-refractivity contribution in [1.29, 1.82) is 0 Å². The lowest BCUT2D eigenvalue weighted by atomic mass is 10.0. The minimum Gasteiger partial charge on any atom is -0.486 e. The zero-order valence-corrected chi connectivity index (χ0v) is 15.1. The average molecular weight is 353 g/mol. The Morgan fingerprint density at radius 1 is 1.00 bits per heavy atom. The van der Waals surface area contributed by atoms with Gasteiger partial charge in [0.25, 0.3) is 0 Å². The Bertz CT molecular complexity index is 813. The van der Waals surface area contributed by atoms with Crippen molar-refractivity contribution >= 4 is 17.4 Å². The fourth-order valence-corrected chi connectivity index (χ4v) is 2.92. The molecule has 0 saturated carbocycles. The number of rotatable bonds is 6. The molecule has 0 unspecified atom stereocenters. The predicted molar refractivity (Wildman–Crippen MR) is 100 cm³/mol. The van der Waals surface area contributed by atoms with E-state index < -0.39 is 0 Å². The van der Waals surface area contributed by atoms with E-state index in [1.54, 1.807) is 18.2 Å². The molecule has 5 heteroatoms. The number of carbonyl (C=O) groups is 2. The van der Waals surface area contributed by atoms with Crippen LogP contribution in [0.5, 0.6) is 11.5 Å². The normalized spacial score (nSPS) is 12.7. The van der Waals surface area contributed by atoms with E-state index in [-0.39, 0.29) is 24.5 Å². The summed E-state index contributed by atoms with van der Waals surface area (Å²) in [7, 11) is 0. The summed E-state index contributed by atoms with van der Waals surface area (Å²) in [5, 5.41) is 2.91. The van der Waals surface area contributed by atoms with Gasteiger partial charge in [-0.25, -0.2) is 0 Å². The van der Waals surface area contributed by atoms with Crippen LogP contribution in [0.3, 0.4) is 0 Å². The lowest BCUT2D eigenvalue weighted by molar-refractivity contribution is -0.116. The summed E-state index contributed by atoms with van der Waals surface area (Å²) < 4.78 is 11.0. The number of fused-ring (bicyclic) bond motifs is 1. The SMILES string of the molecule is CC(C)c1ccccc1NC(=O)CCC(=O)c1ccc2c(c1)OCCO2. The van der Waals surface area contributed by atoms with Gasteiger partial charge in [0, 0.05) is 24.1 Å². The third-order valence-corrected chi connectivity index (χ3v) is 4.30. The highest BCUT2D eigenvalue weighted by Crippen LogP contribution is 2.31. The van der Waals surface area contributed by atoms with Gasteiger partial charge in [0.1, 0.15) is 13.2 Å². The number of nitrogens with one attached hydrogen (secondary N) is 1. The number of benzene rings is 2. The quantitative estimate of drug-likeness (QED) is 0.791. The molecule has 1 aliphatic rings. The van der Waals surface area contributed by atoms with Gasteiger partial charge in [0.2, 0.25) is 5.91 Å². The minimum atomic E-state index is -0.163. The van der Waals surface area contributed by atoms with Crippen LogP contribution in [0.25, 0.3) is 0 Å². The summed E-state index contributed by atoms with van der Waals surface area (Å²) in [4.78, 5) is 24.6. The van der Waals surface area contributed by atoms with E-state index in [2.05, 4.69) is 19.2 Å². The van der Waals surface area contributed by atoms with Gasteiger partial charge in [0.15, 0.2) is 17.3 Å². The summed E-state index contributed by atoms with van der Waals surface area (Å²) in [5.41, 5.74) is 2.42. The first-order valence-corrected chi connectivity index (χ1v) is 8.86. The second-order valence-electron chi connectivity index (χ2n) is 6.57. The molecule has 0 atom stereocenters. The molecule has 136 valence electrons. The van der Waals surface area contributed by atoms with Gasteiger partial charge in [0.05, 0.1) is 0 Å².